The Labute approximate surface area is 256 Å². The number of nitrogens with zero attached hydrogens (tertiary/aromatic N) is 1. The van der Waals surface area contributed by atoms with Gasteiger partial charge in [-0.3, -0.25) is 34.3 Å². The van der Waals surface area contributed by atoms with E-state index in [0.29, 0.717) is 19.4 Å². The highest BCUT2D eigenvalue weighted by Gasteiger charge is 2.31. The molecular formula is C27H37N9O9. The Hall–Kier alpha value is -5.23. The van der Waals surface area contributed by atoms with Crippen LogP contribution in [-0.2, 0) is 41.7 Å². The van der Waals surface area contributed by atoms with Gasteiger partial charge in [0.1, 0.15) is 18.1 Å². The maximum Gasteiger partial charge on any atom is 0.328 e. The molecule has 1 aromatic carbocycles. The highest BCUT2D eigenvalue weighted by Crippen LogP contribution is 2.26. The Morgan fingerprint density at radius 2 is 1.71 bits per heavy atom. The highest BCUT2D eigenvalue weighted by molar-refractivity contribution is 5.95. The van der Waals surface area contributed by atoms with E-state index >= 15 is 0 Å². The topological polar surface area (TPSA) is 303 Å². The van der Waals surface area contributed by atoms with Crippen molar-refractivity contribution in [3.8, 4) is 0 Å². The normalized spacial score (nSPS) is 15.9. The minimum atomic E-state index is -1.73. The van der Waals surface area contributed by atoms with E-state index in [2.05, 4.69) is 31.2 Å². The van der Waals surface area contributed by atoms with E-state index in [1.807, 2.05) is 29.6 Å². The third-order valence-electron chi connectivity index (χ3n) is 6.98. The number of benzene rings is 1. The molecule has 2 aromatic rings. The van der Waals surface area contributed by atoms with Crippen LogP contribution in [0.1, 0.15) is 30.5 Å². The van der Waals surface area contributed by atoms with Crippen molar-refractivity contribution in [2.24, 2.45) is 16.5 Å². The lowest BCUT2D eigenvalue weighted by molar-refractivity contribution is -0.144. The molecule has 13 N–H and O–H groups in total. The van der Waals surface area contributed by atoms with E-state index in [4.69, 9.17) is 26.8 Å². The van der Waals surface area contributed by atoms with Gasteiger partial charge in [0.15, 0.2) is 5.96 Å². The van der Waals surface area contributed by atoms with Crippen LogP contribution in [-0.4, -0.2) is 106 Å². The number of aliphatic hydroxyl groups excluding tert-OH is 1. The first kappa shape index (κ1) is 34.3. The summed E-state index contributed by atoms with van der Waals surface area (Å²) in [5.41, 5.74) is 13.6. The van der Waals surface area contributed by atoms with Crippen molar-refractivity contribution in [2.45, 2.75) is 56.4 Å². The predicted molar refractivity (Wildman–Crippen MR) is 158 cm³/mol. The molecule has 18 nitrogen and oxygen atoms in total. The van der Waals surface area contributed by atoms with Gasteiger partial charge in [-0.15, -0.1) is 0 Å². The van der Waals surface area contributed by atoms with E-state index in [0.717, 1.165) is 22.2 Å². The fourth-order valence-electron chi connectivity index (χ4n) is 4.75. The molecule has 4 atom stereocenters. The minimum absolute atomic E-state index is 0.100. The van der Waals surface area contributed by atoms with Gasteiger partial charge in [-0.1, -0.05) is 18.2 Å². The molecule has 244 valence electrons. The van der Waals surface area contributed by atoms with Crippen LogP contribution in [0.5, 0.6) is 0 Å². The number of carboxylic acid groups (broad SMARTS) is 2. The summed E-state index contributed by atoms with van der Waals surface area (Å²) in [4.78, 5) is 80.8. The number of carbonyl (C=O) groups is 6. The van der Waals surface area contributed by atoms with E-state index < -0.39 is 79.3 Å². The number of para-hydroxylation sites is 1. The number of aliphatic hydroxyl groups is 1. The summed E-state index contributed by atoms with van der Waals surface area (Å²) in [6, 6.07) is 2.50. The van der Waals surface area contributed by atoms with Gasteiger partial charge in [-0.25, -0.2) is 4.79 Å². The monoisotopic (exact) mass is 631 g/mol. The van der Waals surface area contributed by atoms with Gasteiger partial charge >= 0.3 is 11.9 Å². The van der Waals surface area contributed by atoms with Crippen molar-refractivity contribution >= 4 is 52.4 Å². The first-order valence-corrected chi connectivity index (χ1v) is 14.0. The molecule has 4 amide bonds. The standard InChI is InChI=1S/C27H37N9O9/c28-27(29)30-7-3-6-16(35-24(42)17-8-14-13-4-1-2-5-15(13)33-19(14)10-31-17)23(41)32-11-21(38)34-18(9-22(39)40)25(43)36-20(12-37)26(44)45/h1-2,4-5,16-18,20,31,33,37H,3,6-12H2,(H,32,41)(H,34,38)(H,35,42)(H,36,43)(H,39,40)(H,44,45)(H4,28,29,30)/t16-,17?,18-,20-/m0/s1. The number of fused-ring (bicyclic) bond motifs is 3. The van der Waals surface area contributed by atoms with Crippen LogP contribution in [0.25, 0.3) is 10.9 Å². The Kier molecular flexibility index (Phi) is 12.2. The third kappa shape index (κ3) is 9.90. The van der Waals surface area contributed by atoms with Gasteiger partial charge < -0.3 is 53.0 Å². The maximum absolute atomic E-state index is 13.3. The van der Waals surface area contributed by atoms with Crippen molar-refractivity contribution in [3.63, 3.8) is 0 Å². The molecule has 0 spiro atoms. The number of rotatable bonds is 16. The number of aliphatic imine (C=N–C) groups is 1. The summed E-state index contributed by atoms with van der Waals surface area (Å²) in [5, 5.41) is 40.5. The van der Waals surface area contributed by atoms with Crippen molar-refractivity contribution in [3.05, 3.63) is 35.5 Å². The average molecular weight is 632 g/mol. The Morgan fingerprint density at radius 1 is 0.978 bits per heavy atom. The second kappa shape index (κ2) is 16.0. The molecule has 0 aliphatic carbocycles. The van der Waals surface area contributed by atoms with Gasteiger partial charge in [-0.2, -0.15) is 0 Å². The number of carbonyl (C=O) groups excluding carboxylic acids is 4. The lowest BCUT2D eigenvalue weighted by Gasteiger charge is -2.26. The number of nitrogens with two attached hydrogens (primary N) is 2. The molecule has 2 heterocycles. The summed E-state index contributed by atoms with van der Waals surface area (Å²) < 4.78 is 0. The molecule has 0 bridgehead atoms. The van der Waals surface area contributed by atoms with Crippen LogP contribution >= 0.6 is 0 Å². The van der Waals surface area contributed by atoms with Gasteiger partial charge in [-0.05, 0) is 30.9 Å². The molecule has 1 aromatic heterocycles. The van der Waals surface area contributed by atoms with Crippen molar-refractivity contribution in [1.82, 2.24) is 31.6 Å². The third-order valence-corrected chi connectivity index (χ3v) is 6.98. The summed E-state index contributed by atoms with van der Waals surface area (Å²) in [6.45, 7) is -1.11. The summed E-state index contributed by atoms with van der Waals surface area (Å²) in [6.07, 6.45) is -0.145. The molecule has 0 saturated heterocycles. The number of hydrogen-bond acceptors (Lipinski definition) is 9. The molecule has 1 aliphatic rings. The van der Waals surface area contributed by atoms with Crippen LogP contribution in [0, 0.1) is 0 Å². The van der Waals surface area contributed by atoms with Crippen LogP contribution in [0.15, 0.2) is 29.3 Å². The van der Waals surface area contributed by atoms with Crippen molar-refractivity contribution < 1.29 is 44.1 Å². The number of guanidine groups is 1. The van der Waals surface area contributed by atoms with Crippen LogP contribution in [0.2, 0.25) is 0 Å². The first-order chi connectivity index (χ1) is 21.4. The summed E-state index contributed by atoms with van der Waals surface area (Å²) in [5.74, 6) is -6.52. The predicted octanol–water partition coefficient (Wildman–Crippen LogP) is -3.64. The van der Waals surface area contributed by atoms with Crippen LogP contribution < -0.4 is 38.1 Å². The van der Waals surface area contributed by atoms with Gasteiger partial charge in [0.05, 0.1) is 25.6 Å². The SMILES string of the molecule is NC(N)=NCCC[C@H](NC(=O)C1Cc2c([nH]c3ccccc23)CN1)C(=O)NCC(=O)N[C@@H](CC(=O)O)C(=O)N[C@@H](CO)C(=O)O. The Balaban J connectivity index is 1.63. The number of aliphatic carboxylic acids is 2. The zero-order valence-electron chi connectivity index (χ0n) is 24.2. The molecular weight excluding hydrogens is 594 g/mol. The highest BCUT2D eigenvalue weighted by atomic mass is 16.4. The smallest absolute Gasteiger partial charge is 0.328 e. The molecule has 45 heavy (non-hydrogen) atoms. The zero-order chi connectivity index (χ0) is 33.1. The number of nitrogens with one attached hydrogen (secondary N) is 6. The van der Waals surface area contributed by atoms with Gasteiger partial charge in [0.25, 0.3) is 0 Å². The van der Waals surface area contributed by atoms with E-state index in [-0.39, 0.29) is 18.9 Å². The largest absolute Gasteiger partial charge is 0.481 e. The van der Waals surface area contributed by atoms with E-state index in [1.54, 1.807) is 0 Å². The molecule has 1 aliphatic heterocycles. The van der Waals surface area contributed by atoms with Crippen LogP contribution in [0.3, 0.4) is 0 Å². The average Bonchev–Trinajstić information content (AvgIpc) is 3.37. The lowest BCUT2D eigenvalue weighted by Crippen LogP contribution is -2.56. The molecule has 18 heteroatoms. The molecule has 3 rings (SSSR count). The van der Waals surface area contributed by atoms with E-state index in [1.165, 1.54) is 0 Å². The number of aromatic amines is 1. The number of hydrogen-bond donors (Lipinski definition) is 11. The first-order valence-electron chi connectivity index (χ1n) is 14.0. The molecule has 0 fully saturated rings. The van der Waals surface area contributed by atoms with Crippen molar-refractivity contribution in [1.29, 1.82) is 0 Å². The molecule has 0 radical (unpaired) electrons. The molecule has 1 unspecified atom stereocenters. The van der Waals surface area contributed by atoms with E-state index in [9.17, 15) is 28.8 Å². The zero-order valence-corrected chi connectivity index (χ0v) is 24.2. The minimum Gasteiger partial charge on any atom is -0.481 e. The number of carboxylic acids is 2. The quantitative estimate of drug-likeness (QED) is 0.0486. The maximum atomic E-state index is 13.3. The number of H-pyrrole nitrogens is 1. The summed E-state index contributed by atoms with van der Waals surface area (Å²) >= 11 is 0. The second-order valence-corrected chi connectivity index (χ2v) is 10.3. The molecule has 0 saturated carbocycles. The fraction of sp³-hybridized carbons (Fsp3) is 0.444. The Morgan fingerprint density at radius 3 is 2.38 bits per heavy atom. The van der Waals surface area contributed by atoms with Crippen LogP contribution in [0.4, 0.5) is 0 Å². The van der Waals surface area contributed by atoms with Crippen molar-refractivity contribution in [2.75, 3.05) is 19.7 Å². The van der Waals surface area contributed by atoms with Gasteiger partial charge in [0, 0.05) is 29.7 Å². The fourth-order valence-corrected chi connectivity index (χ4v) is 4.75. The number of amides is 4. The van der Waals surface area contributed by atoms with Gasteiger partial charge in [0.2, 0.25) is 23.6 Å². The number of aromatic nitrogens is 1. The Bertz CT molecular complexity index is 1450. The second-order valence-electron chi connectivity index (χ2n) is 10.3. The lowest BCUT2D eigenvalue weighted by atomic mass is 9.97. The summed E-state index contributed by atoms with van der Waals surface area (Å²) in [7, 11) is 0.